The molecule has 1 aliphatic heterocycles. The Bertz CT molecular complexity index is 607. The molecular formula is C16H16FNOS. The lowest BCUT2D eigenvalue weighted by molar-refractivity contribution is 0.382. The molecule has 2 aromatic rings. The standard InChI is InChI=1S/C16H16FNOS/c1-19-12-7-4-6-11(15(12)17)16(18)14-9-10-5-2-3-8-13(10)20-14/h2-8,14,16H,9,18H2,1H3. The Hall–Kier alpha value is -1.52. The summed E-state index contributed by atoms with van der Waals surface area (Å²) in [5, 5.41) is 0.161. The minimum absolute atomic E-state index is 0.161. The first-order valence-electron chi connectivity index (χ1n) is 6.53. The van der Waals surface area contributed by atoms with E-state index in [9.17, 15) is 4.39 Å². The Labute approximate surface area is 122 Å². The molecule has 0 amide bonds. The molecule has 0 aliphatic carbocycles. The summed E-state index contributed by atoms with van der Waals surface area (Å²) in [6.07, 6.45) is 0.874. The minimum atomic E-state index is -0.348. The maximum absolute atomic E-state index is 14.3. The van der Waals surface area contributed by atoms with Gasteiger partial charge in [0.2, 0.25) is 0 Å². The zero-order valence-electron chi connectivity index (χ0n) is 11.2. The number of methoxy groups -OCH3 is 1. The molecule has 0 bridgehead atoms. The number of fused-ring (bicyclic) bond motifs is 1. The summed E-state index contributed by atoms with van der Waals surface area (Å²) in [5.74, 6) is -0.0995. The Morgan fingerprint density at radius 3 is 2.80 bits per heavy atom. The molecule has 0 saturated heterocycles. The molecule has 0 saturated carbocycles. The van der Waals surface area contributed by atoms with Gasteiger partial charge in [-0.3, -0.25) is 0 Å². The molecule has 3 rings (SSSR count). The highest BCUT2D eigenvalue weighted by molar-refractivity contribution is 8.00. The zero-order valence-corrected chi connectivity index (χ0v) is 12.0. The van der Waals surface area contributed by atoms with Crippen molar-refractivity contribution in [1.29, 1.82) is 0 Å². The van der Waals surface area contributed by atoms with E-state index >= 15 is 0 Å². The molecule has 1 aliphatic rings. The van der Waals surface area contributed by atoms with Crippen LogP contribution in [0.1, 0.15) is 17.2 Å². The largest absolute Gasteiger partial charge is 0.494 e. The Kier molecular flexibility index (Phi) is 3.68. The van der Waals surface area contributed by atoms with Crippen molar-refractivity contribution in [2.45, 2.75) is 22.6 Å². The van der Waals surface area contributed by atoms with E-state index in [2.05, 4.69) is 12.1 Å². The van der Waals surface area contributed by atoms with Crippen molar-refractivity contribution in [3.05, 3.63) is 59.4 Å². The molecule has 2 N–H and O–H groups in total. The van der Waals surface area contributed by atoms with Gasteiger partial charge in [-0.15, -0.1) is 11.8 Å². The second kappa shape index (κ2) is 5.46. The average molecular weight is 289 g/mol. The van der Waals surface area contributed by atoms with Gasteiger partial charge in [-0.2, -0.15) is 0 Å². The predicted molar refractivity (Wildman–Crippen MR) is 79.7 cm³/mol. The maximum atomic E-state index is 14.3. The molecule has 20 heavy (non-hydrogen) atoms. The van der Waals surface area contributed by atoms with Crippen molar-refractivity contribution in [3.8, 4) is 5.75 Å². The number of thioether (sulfide) groups is 1. The van der Waals surface area contributed by atoms with Gasteiger partial charge in [0.1, 0.15) is 0 Å². The van der Waals surface area contributed by atoms with Crippen molar-refractivity contribution in [2.75, 3.05) is 7.11 Å². The number of ether oxygens (including phenoxy) is 1. The Morgan fingerprint density at radius 1 is 1.25 bits per heavy atom. The van der Waals surface area contributed by atoms with Crippen molar-refractivity contribution in [1.82, 2.24) is 0 Å². The summed E-state index contributed by atoms with van der Waals surface area (Å²) in [6, 6.07) is 13.0. The fourth-order valence-electron chi connectivity index (χ4n) is 2.55. The molecule has 2 atom stereocenters. The molecule has 0 spiro atoms. The van der Waals surface area contributed by atoms with Crippen molar-refractivity contribution < 1.29 is 9.13 Å². The van der Waals surface area contributed by atoms with E-state index < -0.39 is 0 Å². The summed E-state index contributed by atoms with van der Waals surface area (Å²) in [6.45, 7) is 0. The smallest absolute Gasteiger partial charge is 0.169 e. The average Bonchev–Trinajstić information content (AvgIpc) is 2.90. The zero-order chi connectivity index (χ0) is 14.1. The lowest BCUT2D eigenvalue weighted by Gasteiger charge is -2.20. The van der Waals surface area contributed by atoms with Gasteiger partial charge in [0.15, 0.2) is 11.6 Å². The topological polar surface area (TPSA) is 35.2 Å². The van der Waals surface area contributed by atoms with Crippen LogP contribution in [-0.2, 0) is 6.42 Å². The first kappa shape index (κ1) is 13.5. The molecule has 104 valence electrons. The van der Waals surface area contributed by atoms with Crippen LogP contribution in [0.3, 0.4) is 0 Å². The number of benzene rings is 2. The molecule has 0 fully saturated rings. The van der Waals surface area contributed by atoms with E-state index in [0.717, 1.165) is 6.42 Å². The first-order valence-corrected chi connectivity index (χ1v) is 7.41. The summed E-state index contributed by atoms with van der Waals surface area (Å²) >= 11 is 1.73. The normalized spacial score (nSPS) is 18.6. The predicted octanol–water partition coefficient (Wildman–Crippen LogP) is 3.55. The third-order valence-corrected chi connectivity index (χ3v) is 5.06. The summed E-state index contributed by atoms with van der Waals surface area (Å²) in [5.41, 5.74) is 8.10. The molecule has 1 heterocycles. The van der Waals surface area contributed by atoms with Gasteiger partial charge in [0, 0.05) is 21.8 Å². The van der Waals surface area contributed by atoms with Crippen LogP contribution in [0.5, 0.6) is 5.75 Å². The van der Waals surface area contributed by atoms with Crippen LogP contribution < -0.4 is 10.5 Å². The highest BCUT2D eigenvalue weighted by Gasteiger charge is 2.30. The van der Waals surface area contributed by atoms with Crippen LogP contribution in [0.4, 0.5) is 4.39 Å². The third kappa shape index (κ3) is 2.30. The van der Waals surface area contributed by atoms with Gasteiger partial charge in [-0.05, 0) is 24.1 Å². The molecule has 0 radical (unpaired) electrons. The van der Waals surface area contributed by atoms with Crippen LogP contribution in [0.15, 0.2) is 47.4 Å². The van der Waals surface area contributed by atoms with Gasteiger partial charge in [-0.1, -0.05) is 30.3 Å². The van der Waals surface area contributed by atoms with Crippen LogP contribution >= 0.6 is 11.8 Å². The fourth-order valence-corrected chi connectivity index (χ4v) is 3.89. The van der Waals surface area contributed by atoms with Crippen molar-refractivity contribution in [3.63, 3.8) is 0 Å². The van der Waals surface area contributed by atoms with E-state index in [1.807, 2.05) is 12.1 Å². The molecular weight excluding hydrogens is 273 g/mol. The number of hydrogen-bond donors (Lipinski definition) is 1. The molecule has 2 unspecified atom stereocenters. The van der Waals surface area contributed by atoms with Gasteiger partial charge >= 0.3 is 0 Å². The van der Waals surface area contributed by atoms with Gasteiger partial charge in [0.25, 0.3) is 0 Å². The number of nitrogens with two attached hydrogens (primary N) is 1. The molecule has 0 aromatic heterocycles. The van der Waals surface area contributed by atoms with Crippen LogP contribution in [0.2, 0.25) is 0 Å². The van der Waals surface area contributed by atoms with E-state index in [4.69, 9.17) is 10.5 Å². The number of rotatable bonds is 3. The van der Waals surface area contributed by atoms with Crippen molar-refractivity contribution in [2.24, 2.45) is 5.73 Å². The second-order valence-corrected chi connectivity index (χ2v) is 6.14. The maximum Gasteiger partial charge on any atom is 0.169 e. The van der Waals surface area contributed by atoms with Gasteiger partial charge in [0.05, 0.1) is 7.11 Å². The van der Waals surface area contributed by atoms with Crippen molar-refractivity contribution >= 4 is 11.8 Å². The van der Waals surface area contributed by atoms with E-state index in [0.29, 0.717) is 5.56 Å². The number of hydrogen-bond acceptors (Lipinski definition) is 3. The summed E-state index contributed by atoms with van der Waals surface area (Å²) < 4.78 is 19.3. The fraction of sp³-hybridized carbons (Fsp3) is 0.250. The summed E-state index contributed by atoms with van der Waals surface area (Å²) in [4.78, 5) is 1.25. The second-order valence-electron chi connectivity index (χ2n) is 4.86. The number of halogens is 1. The minimum Gasteiger partial charge on any atom is -0.494 e. The van der Waals surface area contributed by atoms with Crippen LogP contribution in [-0.4, -0.2) is 12.4 Å². The lowest BCUT2D eigenvalue weighted by atomic mass is 9.99. The Balaban J connectivity index is 1.86. The van der Waals surface area contributed by atoms with Gasteiger partial charge in [-0.25, -0.2) is 4.39 Å². The lowest BCUT2D eigenvalue weighted by Crippen LogP contribution is -2.24. The highest BCUT2D eigenvalue weighted by atomic mass is 32.2. The first-order chi connectivity index (χ1) is 9.70. The van der Waals surface area contributed by atoms with Crippen LogP contribution in [0, 0.1) is 5.82 Å². The highest BCUT2D eigenvalue weighted by Crippen LogP contribution is 2.42. The van der Waals surface area contributed by atoms with Gasteiger partial charge < -0.3 is 10.5 Å². The summed E-state index contributed by atoms with van der Waals surface area (Å²) in [7, 11) is 1.47. The Morgan fingerprint density at radius 2 is 2.05 bits per heavy atom. The van der Waals surface area contributed by atoms with Crippen LogP contribution in [0.25, 0.3) is 0 Å². The molecule has 2 nitrogen and oxygen atoms in total. The molecule has 2 aromatic carbocycles. The molecule has 4 heteroatoms. The van der Waals surface area contributed by atoms with E-state index in [-0.39, 0.29) is 22.9 Å². The monoisotopic (exact) mass is 289 g/mol. The quantitative estimate of drug-likeness (QED) is 0.938. The van der Waals surface area contributed by atoms with E-state index in [1.165, 1.54) is 17.6 Å². The third-order valence-electron chi connectivity index (χ3n) is 3.64. The SMILES string of the molecule is COc1cccc(C(N)C2Cc3ccccc3S2)c1F. The van der Waals surface area contributed by atoms with E-state index in [1.54, 1.807) is 30.0 Å².